The van der Waals surface area contributed by atoms with Crippen molar-refractivity contribution >= 4 is 28.7 Å². The molecule has 4 aromatic rings. The van der Waals surface area contributed by atoms with Gasteiger partial charge in [0.2, 0.25) is 0 Å². The van der Waals surface area contributed by atoms with Crippen LogP contribution in [0.5, 0.6) is 0 Å². The fourth-order valence-electron chi connectivity index (χ4n) is 3.95. The first-order chi connectivity index (χ1) is 16.2. The zero-order valence-electron chi connectivity index (χ0n) is 19.3. The van der Waals surface area contributed by atoms with Gasteiger partial charge in [-0.1, -0.05) is 50.6 Å². The van der Waals surface area contributed by atoms with Crippen molar-refractivity contribution in [2.45, 2.75) is 57.0 Å². The number of nitrogens with zero attached hydrogens (tertiary/aromatic N) is 2. The number of furan rings is 1. The van der Waals surface area contributed by atoms with E-state index in [0.29, 0.717) is 12.2 Å². The number of carbonyl (C=O) groups excluding carboxylic acids is 1. The summed E-state index contributed by atoms with van der Waals surface area (Å²) in [6.07, 6.45) is 5.45. The van der Waals surface area contributed by atoms with Gasteiger partial charge in [-0.15, -0.1) is 11.8 Å². The lowest BCUT2D eigenvalue weighted by atomic mass is 10.0. The summed E-state index contributed by atoms with van der Waals surface area (Å²) in [5.74, 6) is 2.06. The van der Waals surface area contributed by atoms with Crippen LogP contribution in [0.4, 0.5) is 0 Å². The SMILES string of the molecule is CCCCn1c(C(Cc2ccccc2)NC(=O)c2ccco2)nc2cc(SCCC)ccc21. The van der Waals surface area contributed by atoms with E-state index >= 15 is 0 Å². The summed E-state index contributed by atoms with van der Waals surface area (Å²) < 4.78 is 7.63. The lowest BCUT2D eigenvalue weighted by molar-refractivity contribution is 0.0906. The van der Waals surface area contributed by atoms with E-state index in [-0.39, 0.29) is 11.9 Å². The number of benzene rings is 2. The van der Waals surface area contributed by atoms with Crippen LogP contribution in [0, 0.1) is 0 Å². The van der Waals surface area contributed by atoms with Crippen LogP contribution in [-0.2, 0) is 13.0 Å². The number of unbranched alkanes of at least 4 members (excludes halogenated alkanes) is 1. The average molecular weight is 462 g/mol. The van der Waals surface area contributed by atoms with Crippen molar-refractivity contribution in [3.05, 3.63) is 84.1 Å². The molecule has 2 aromatic heterocycles. The van der Waals surface area contributed by atoms with Gasteiger partial charge < -0.3 is 14.3 Å². The molecule has 0 aliphatic heterocycles. The highest BCUT2D eigenvalue weighted by atomic mass is 32.2. The normalized spacial score (nSPS) is 12.2. The van der Waals surface area contributed by atoms with Crippen LogP contribution in [-0.4, -0.2) is 21.2 Å². The van der Waals surface area contributed by atoms with Crippen LogP contribution in [0.1, 0.15) is 61.1 Å². The summed E-state index contributed by atoms with van der Waals surface area (Å²) in [7, 11) is 0. The Balaban J connectivity index is 1.74. The van der Waals surface area contributed by atoms with E-state index in [0.717, 1.165) is 54.0 Å². The summed E-state index contributed by atoms with van der Waals surface area (Å²) in [6.45, 7) is 5.25. The van der Waals surface area contributed by atoms with Crippen LogP contribution in [0.3, 0.4) is 0 Å². The van der Waals surface area contributed by atoms with Crippen molar-refractivity contribution in [1.82, 2.24) is 14.9 Å². The van der Waals surface area contributed by atoms with Gasteiger partial charge in [0.15, 0.2) is 5.76 Å². The summed E-state index contributed by atoms with van der Waals surface area (Å²) in [4.78, 5) is 19.2. The fourth-order valence-corrected chi connectivity index (χ4v) is 4.75. The number of fused-ring (bicyclic) bond motifs is 1. The first-order valence-electron chi connectivity index (χ1n) is 11.7. The predicted octanol–water partition coefficient (Wildman–Crippen LogP) is 6.65. The highest BCUT2D eigenvalue weighted by Gasteiger charge is 2.24. The zero-order valence-corrected chi connectivity index (χ0v) is 20.1. The zero-order chi connectivity index (χ0) is 23.0. The second kappa shape index (κ2) is 11.2. The van der Waals surface area contributed by atoms with Gasteiger partial charge in [-0.3, -0.25) is 4.79 Å². The number of carbonyl (C=O) groups is 1. The Hall–Kier alpha value is -2.99. The van der Waals surface area contributed by atoms with Crippen molar-refractivity contribution in [2.75, 3.05) is 5.75 Å². The molecular formula is C27H31N3O2S. The van der Waals surface area contributed by atoms with E-state index in [2.05, 4.69) is 54.1 Å². The van der Waals surface area contributed by atoms with Crippen LogP contribution in [0.25, 0.3) is 11.0 Å². The minimum absolute atomic E-state index is 0.228. The molecule has 1 N–H and O–H groups in total. The molecule has 0 aliphatic carbocycles. The molecule has 2 heterocycles. The highest BCUT2D eigenvalue weighted by molar-refractivity contribution is 7.99. The Morgan fingerprint density at radius 1 is 1.09 bits per heavy atom. The van der Waals surface area contributed by atoms with Crippen LogP contribution < -0.4 is 5.32 Å². The Morgan fingerprint density at radius 2 is 1.94 bits per heavy atom. The number of amides is 1. The molecule has 2 aromatic carbocycles. The largest absolute Gasteiger partial charge is 0.459 e. The molecule has 33 heavy (non-hydrogen) atoms. The number of aromatic nitrogens is 2. The van der Waals surface area contributed by atoms with E-state index in [1.54, 1.807) is 12.1 Å². The van der Waals surface area contributed by atoms with E-state index in [9.17, 15) is 4.79 Å². The highest BCUT2D eigenvalue weighted by Crippen LogP contribution is 2.29. The summed E-state index contributed by atoms with van der Waals surface area (Å²) in [6, 6.07) is 19.9. The van der Waals surface area contributed by atoms with Gasteiger partial charge in [0.1, 0.15) is 5.82 Å². The maximum Gasteiger partial charge on any atom is 0.287 e. The van der Waals surface area contributed by atoms with Crippen LogP contribution >= 0.6 is 11.8 Å². The molecule has 1 atom stereocenters. The lowest BCUT2D eigenvalue weighted by Gasteiger charge is -2.20. The molecular weight excluding hydrogens is 430 g/mol. The number of nitrogens with one attached hydrogen (secondary N) is 1. The van der Waals surface area contributed by atoms with E-state index < -0.39 is 0 Å². The molecule has 5 nitrogen and oxygen atoms in total. The molecule has 0 fully saturated rings. The molecule has 0 aliphatic rings. The average Bonchev–Trinajstić information content (AvgIpc) is 3.50. The molecule has 0 spiro atoms. The number of hydrogen-bond donors (Lipinski definition) is 1. The monoisotopic (exact) mass is 461 g/mol. The van der Waals surface area contributed by atoms with Gasteiger partial charge in [0.25, 0.3) is 5.91 Å². The molecule has 0 saturated carbocycles. The third-order valence-corrected chi connectivity index (χ3v) is 6.80. The number of aryl methyl sites for hydroxylation is 1. The predicted molar refractivity (Wildman–Crippen MR) is 135 cm³/mol. The van der Waals surface area contributed by atoms with Gasteiger partial charge >= 0.3 is 0 Å². The van der Waals surface area contributed by atoms with Crippen molar-refractivity contribution in [3.8, 4) is 0 Å². The summed E-state index contributed by atoms with van der Waals surface area (Å²) in [5.41, 5.74) is 3.24. The van der Waals surface area contributed by atoms with Crippen molar-refractivity contribution < 1.29 is 9.21 Å². The third-order valence-electron chi connectivity index (χ3n) is 5.60. The number of hydrogen-bond acceptors (Lipinski definition) is 4. The van der Waals surface area contributed by atoms with Gasteiger partial charge in [-0.05, 0) is 60.9 Å². The molecule has 6 heteroatoms. The van der Waals surface area contributed by atoms with Crippen molar-refractivity contribution in [2.24, 2.45) is 0 Å². The maximum absolute atomic E-state index is 12.9. The van der Waals surface area contributed by atoms with E-state index in [1.165, 1.54) is 11.2 Å². The van der Waals surface area contributed by atoms with Gasteiger partial charge in [0.05, 0.1) is 23.3 Å². The van der Waals surface area contributed by atoms with Gasteiger partial charge in [0, 0.05) is 11.4 Å². The fraction of sp³-hybridized carbons (Fsp3) is 0.333. The Labute approximate surface area is 199 Å². The molecule has 4 rings (SSSR count). The quantitative estimate of drug-likeness (QED) is 0.254. The molecule has 1 amide bonds. The number of rotatable bonds is 11. The minimum atomic E-state index is -0.277. The summed E-state index contributed by atoms with van der Waals surface area (Å²) in [5, 5.41) is 3.19. The maximum atomic E-state index is 12.9. The Kier molecular flexibility index (Phi) is 7.89. The Morgan fingerprint density at radius 3 is 2.67 bits per heavy atom. The molecule has 172 valence electrons. The molecule has 0 saturated heterocycles. The lowest BCUT2D eigenvalue weighted by Crippen LogP contribution is -2.32. The Bertz CT molecular complexity index is 1170. The van der Waals surface area contributed by atoms with Crippen LogP contribution in [0.2, 0.25) is 0 Å². The standard InChI is InChI=1S/C27H31N3O2S/c1-3-5-15-30-24-14-13-21(33-17-4-2)19-22(24)28-26(30)23(18-20-10-7-6-8-11-20)29-27(31)25-12-9-16-32-25/h6-14,16,19,23H,3-5,15,17-18H2,1-2H3,(H,29,31). The molecule has 0 radical (unpaired) electrons. The van der Waals surface area contributed by atoms with Gasteiger partial charge in [-0.25, -0.2) is 4.98 Å². The van der Waals surface area contributed by atoms with Crippen molar-refractivity contribution in [1.29, 1.82) is 0 Å². The first-order valence-corrected chi connectivity index (χ1v) is 12.7. The first kappa shape index (κ1) is 23.2. The second-order valence-corrected chi connectivity index (χ2v) is 9.34. The topological polar surface area (TPSA) is 60.1 Å². The number of imidazole rings is 1. The summed E-state index contributed by atoms with van der Waals surface area (Å²) >= 11 is 1.86. The minimum Gasteiger partial charge on any atom is -0.459 e. The molecule has 1 unspecified atom stereocenters. The van der Waals surface area contributed by atoms with E-state index in [1.807, 2.05) is 30.0 Å². The second-order valence-electron chi connectivity index (χ2n) is 8.17. The van der Waals surface area contributed by atoms with Crippen molar-refractivity contribution in [3.63, 3.8) is 0 Å². The van der Waals surface area contributed by atoms with Gasteiger partial charge in [-0.2, -0.15) is 0 Å². The number of thioether (sulfide) groups is 1. The van der Waals surface area contributed by atoms with Crippen LogP contribution in [0.15, 0.2) is 76.2 Å². The van der Waals surface area contributed by atoms with E-state index in [4.69, 9.17) is 9.40 Å². The smallest absolute Gasteiger partial charge is 0.287 e. The molecule has 0 bridgehead atoms. The third kappa shape index (κ3) is 5.69.